The maximum atomic E-state index is 12.1. The Labute approximate surface area is 108 Å². The van der Waals surface area contributed by atoms with Gasteiger partial charge in [0.25, 0.3) is 0 Å². The first kappa shape index (κ1) is 14.9. The summed E-state index contributed by atoms with van der Waals surface area (Å²) in [6.07, 6.45) is 0.499. The molecule has 0 spiro atoms. The van der Waals surface area contributed by atoms with Crippen LogP contribution in [0.4, 0.5) is 0 Å². The Hall–Kier alpha value is -1.14. The van der Waals surface area contributed by atoms with Crippen LogP contribution < -0.4 is 5.32 Å². The Morgan fingerprint density at radius 1 is 1.33 bits per heavy atom. The minimum atomic E-state index is -0.458. The lowest BCUT2D eigenvalue weighted by atomic mass is 10.2. The van der Waals surface area contributed by atoms with Crippen molar-refractivity contribution in [3.05, 3.63) is 0 Å². The highest BCUT2D eigenvalue weighted by molar-refractivity contribution is 6.35. The average Bonchev–Trinajstić information content (AvgIpc) is 2.38. The van der Waals surface area contributed by atoms with Gasteiger partial charge < -0.3 is 20.2 Å². The lowest BCUT2D eigenvalue weighted by Crippen LogP contribution is -2.53. The molecule has 1 aliphatic rings. The lowest BCUT2D eigenvalue weighted by molar-refractivity contribution is -0.153. The van der Waals surface area contributed by atoms with Crippen molar-refractivity contribution in [3.8, 4) is 0 Å². The summed E-state index contributed by atoms with van der Waals surface area (Å²) < 4.78 is 0. The van der Waals surface area contributed by atoms with Crippen LogP contribution >= 0.6 is 0 Å². The number of nitrogens with zero attached hydrogens (tertiary/aromatic N) is 2. The molecule has 0 atom stereocenters. The van der Waals surface area contributed by atoms with Gasteiger partial charge in [0.2, 0.25) is 0 Å². The molecule has 1 rings (SSSR count). The molecular weight excluding hydrogens is 234 g/mol. The van der Waals surface area contributed by atoms with Gasteiger partial charge in [-0.2, -0.15) is 0 Å². The van der Waals surface area contributed by atoms with Crippen LogP contribution in [0, 0.1) is 0 Å². The van der Waals surface area contributed by atoms with Crippen LogP contribution in [0.3, 0.4) is 0 Å². The van der Waals surface area contributed by atoms with E-state index in [0.717, 1.165) is 13.1 Å². The lowest BCUT2D eigenvalue weighted by Gasteiger charge is -2.31. The summed E-state index contributed by atoms with van der Waals surface area (Å²) in [5, 5.41) is 12.0. The fourth-order valence-electron chi connectivity index (χ4n) is 1.96. The summed E-state index contributed by atoms with van der Waals surface area (Å²) in [6, 6.07) is -0.0316. The van der Waals surface area contributed by atoms with Gasteiger partial charge in [-0.05, 0) is 20.3 Å². The van der Waals surface area contributed by atoms with E-state index in [1.54, 1.807) is 4.90 Å². The smallest absolute Gasteiger partial charge is 0.312 e. The summed E-state index contributed by atoms with van der Waals surface area (Å²) >= 11 is 0. The van der Waals surface area contributed by atoms with Gasteiger partial charge in [-0.3, -0.25) is 9.59 Å². The second-order valence-electron chi connectivity index (χ2n) is 4.71. The number of aliphatic hydroxyl groups is 1. The molecule has 0 bridgehead atoms. The molecule has 18 heavy (non-hydrogen) atoms. The zero-order valence-electron chi connectivity index (χ0n) is 11.2. The van der Waals surface area contributed by atoms with Crippen LogP contribution in [-0.2, 0) is 9.59 Å². The first-order valence-electron chi connectivity index (χ1n) is 6.49. The molecule has 0 radical (unpaired) electrons. The van der Waals surface area contributed by atoms with Crippen LogP contribution in [0.25, 0.3) is 0 Å². The molecule has 6 nitrogen and oxygen atoms in total. The SMILES string of the molecule is CC(C)N(CCCO)C(=O)C(=O)N1CCNCC1. The monoisotopic (exact) mass is 257 g/mol. The predicted molar refractivity (Wildman–Crippen MR) is 68.0 cm³/mol. The maximum absolute atomic E-state index is 12.1. The normalized spacial score (nSPS) is 15.9. The highest BCUT2D eigenvalue weighted by Gasteiger charge is 2.28. The Morgan fingerprint density at radius 2 is 1.94 bits per heavy atom. The summed E-state index contributed by atoms with van der Waals surface area (Å²) in [6.45, 7) is 6.82. The third-order valence-electron chi connectivity index (χ3n) is 3.03. The molecular formula is C12H23N3O3. The van der Waals surface area contributed by atoms with Crippen molar-refractivity contribution >= 4 is 11.8 Å². The summed E-state index contributed by atoms with van der Waals surface area (Å²) in [5.74, 6) is -0.886. The second-order valence-corrected chi connectivity index (χ2v) is 4.71. The first-order valence-corrected chi connectivity index (χ1v) is 6.49. The maximum Gasteiger partial charge on any atom is 0.312 e. The minimum absolute atomic E-state index is 0.0261. The molecule has 0 aromatic rings. The number of nitrogens with one attached hydrogen (secondary N) is 1. The van der Waals surface area contributed by atoms with Crippen molar-refractivity contribution in [2.75, 3.05) is 39.3 Å². The highest BCUT2D eigenvalue weighted by atomic mass is 16.3. The van der Waals surface area contributed by atoms with Crippen molar-refractivity contribution in [3.63, 3.8) is 0 Å². The number of rotatable bonds is 4. The summed E-state index contributed by atoms with van der Waals surface area (Å²) in [7, 11) is 0. The minimum Gasteiger partial charge on any atom is -0.396 e. The number of hydrogen-bond acceptors (Lipinski definition) is 4. The van der Waals surface area contributed by atoms with Crippen LogP contribution in [0.2, 0.25) is 0 Å². The van der Waals surface area contributed by atoms with E-state index in [9.17, 15) is 9.59 Å². The third-order valence-corrected chi connectivity index (χ3v) is 3.03. The fraction of sp³-hybridized carbons (Fsp3) is 0.833. The third kappa shape index (κ3) is 3.96. The van der Waals surface area contributed by atoms with Gasteiger partial charge in [-0.15, -0.1) is 0 Å². The Balaban J connectivity index is 2.60. The topological polar surface area (TPSA) is 72.9 Å². The van der Waals surface area contributed by atoms with Gasteiger partial charge in [-0.1, -0.05) is 0 Å². The van der Waals surface area contributed by atoms with Crippen molar-refractivity contribution in [1.29, 1.82) is 0 Å². The molecule has 1 heterocycles. The van der Waals surface area contributed by atoms with Gasteiger partial charge in [0.1, 0.15) is 0 Å². The molecule has 104 valence electrons. The Bertz CT molecular complexity index is 288. The zero-order chi connectivity index (χ0) is 13.5. The van der Waals surface area contributed by atoms with E-state index in [2.05, 4.69) is 5.32 Å². The van der Waals surface area contributed by atoms with Crippen molar-refractivity contribution in [2.24, 2.45) is 0 Å². The van der Waals surface area contributed by atoms with Gasteiger partial charge in [-0.25, -0.2) is 0 Å². The van der Waals surface area contributed by atoms with E-state index >= 15 is 0 Å². The number of aliphatic hydroxyl groups excluding tert-OH is 1. The van der Waals surface area contributed by atoms with E-state index < -0.39 is 11.8 Å². The molecule has 2 amide bonds. The number of carbonyl (C=O) groups excluding carboxylic acids is 2. The molecule has 0 aromatic carbocycles. The molecule has 0 aromatic heterocycles. The number of amides is 2. The Morgan fingerprint density at radius 3 is 2.44 bits per heavy atom. The quantitative estimate of drug-likeness (QED) is 0.636. The first-order chi connectivity index (χ1) is 8.57. The average molecular weight is 257 g/mol. The fourth-order valence-corrected chi connectivity index (χ4v) is 1.96. The van der Waals surface area contributed by atoms with E-state index in [4.69, 9.17) is 5.11 Å². The largest absolute Gasteiger partial charge is 0.396 e. The second kappa shape index (κ2) is 7.33. The van der Waals surface area contributed by atoms with Gasteiger partial charge in [0.15, 0.2) is 0 Å². The summed E-state index contributed by atoms with van der Waals surface area (Å²) in [4.78, 5) is 27.3. The zero-order valence-corrected chi connectivity index (χ0v) is 11.2. The molecule has 1 saturated heterocycles. The molecule has 0 unspecified atom stereocenters. The molecule has 0 saturated carbocycles. The predicted octanol–water partition coefficient (Wildman–Crippen LogP) is -0.962. The van der Waals surface area contributed by atoms with Crippen molar-refractivity contribution in [2.45, 2.75) is 26.3 Å². The number of carbonyl (C=O) groups is 2. The number of piperazine rings is 1. The summed E-state index contributed by atoms with van der Waals surface area (Å²) in [5.41, 5.74) is 0. The molecule has 2 N–H and O–H groups in total. The van der Waals surface area contributed by atoms with Crippen LogP contribution in [0.5, 0.6) is 0 Å². The number of hydrogen-bond donors (Lipinski definition) is 2. The van der Waals surface area contributed by atoms with Crippen LogP contribution in [0.15, 0.2) is 0 Å². The van der Waals surface area contributed by atoms with E-state index in [1.165, 1.54) is 4.90 Å². The molecule has 1 fully saturated rings. The Kier molecular flexibility index (Phi) is 6.07. The van der Waals surface area contributed by atoms with E-state index in [-0.39, 0.29) is 12.6 Å². The van der Waals surface area contributed by atoms with Gasteiger partial charge in [0, 0.05) is 45.4 Å². The van der Waals surface area contributed by atoms with Crippen LogP contribution in [-0.4, -0.2) is 72.1 Å². The van der Waals surface area contributed by atoms with Crippen molar-refractivity contribution in [1.82, 2.24) is 15.1 Å². The van der Waals surface area contributed by atoms with E-state index in [1.807, 2.05) is 13.8 Å². The molecule has 6 heteroatoms. The standard InChI is InChI=1S/C12H23N3O3/c1-10(2)15(6-3-9-16)12(18)11(17)14-7-4-13-5-8-14/h10,13,16H,3-9H2,1-2H3. The molecule has 1 aliphatic heterocycles. The van der Waals surface area contributed by atoms with Gasteiger partial charge >= 0.3 is 11.8 Å². The molecule has 0 aliphatic carbocycles. The van der Waals surface area contributed by atoms with Crippen molar-refractivity contribution < 1.29 is 14.7 Å². The van der Waals surface area contributed by atoms with Crippen LogP contribution in [0.1, 0.15) is 20.3 Å². The van der Waals surface area contributed by atoms with Gasteiger partial charge in [0.05, 0.1) is 0 Å². The highest BCUT2D eigenvalue weighted by Crippen LogP contribution is 2.04. The van der Waals surface area contributed by atoms with E-state index in [0.29, 0.717) is 26.1 Å².